The molecular weight excluding hydrogens is 468 g/mol. The molecule has 2 rings (SSSR count). The van der Waals surface area contributed by atoms with Gasteiger partial charge in [-0.05, 0) is 52.7 Å². The number of carbonyl (C=O) groups excluding carboxylic acids is 1. The highest BCUT2D eigenvalue weighted by atomic mass is 35.5. The third-order valence-corrected chi connectivity index (χ3v) is 6.31. The minimum Gasteiger partial charge on any atom is -0.444 e. The fourth-order valence-electron chi connectivity index (χ4n) is 3.02. The van der Waals surface area contributed by atoms with Crippen molar-refractivity contribution in [2.75, 3.05) is 6.54 Å². The number of amides is 1. The molecule has 0 aliphatic rings. The summed E-state index contributed by atoms with van der Waals surface area (Å²) < 4.78 is 33.6. The molecule has 33 heavy (non-hydrogen) atoms. The Balaban J connectivity index is 1.99. The maximum Gasteiger partial charge on any atom is 0.407 e. The number of carbonyl (C=O) groups is 1. The van der Waals surface area contributed by atoms with Gasteiger partial charge in [-0.2, -0.15) is 4.99 Å². The molecule has 0 spiro atoms. The molecular formula is C21H31ClN6O4S. The molecule has 1 amide bonds. The number of nitrogens with zero attached hydrogens (tertiary/aromatic N) is 2. The van der Waals surface area contributed by atoms with Gasteiger partial charge in [-0.15, -0.1) is 0 Å². The van der Waals surface area contributed by atoms with Gasteiger partial charge < -0.3 is 21.5 Å². The van der Waals surface area contributed by atoms with Crippen LogP contribution in [0.5, 0.6) is 0 Å². The van der Waals surface area contributed by atoms with Gasteiger partial charge in [0.25, 0.3) is 0 Å². The summed E-state index contributed by atoms with van der Waals surface area (Å²) in [4.78, 5) is 19.7. The highest BCUT2D eigenvalue weighted by Crippen LogP contribution is 2.31. The maximum atomic E-state index is 12.9. The number of hydrogen-bond donors (Lipinski definition) is 4. The molecule has 182 valence electrons. The molecule has 0 bridgehead atoms. The molecule has 1 atom stereocenters. The van der Waals surface area contributed by atoms with Gasteiger partial charge in [0.05, 0.1) is 9.92 Å². The van der Waals surface area contributed by atoms with Gasteiger partial charge in [-0.3, -0.25) is 0 Å². The number of nitrogens with two attached hydrogens (primary N) is 2. The summed E-state index contributed by atoms with van der Waals surface area (Å²) in [5.74, 6) is -0.0238. The number of halogens is 1. The lowest BCUT2D eigenvalue weighted by Crippen LogP contribution is -2.34. The van der Waals surface area contributed by atoms with Crippen molar-refractivity contribution in [2.24, 2.45) is 16.5 Å². The standard InChI is InChI=1S/C21H31ClN6O4S/c1-13(7-5-6-10-25-20(29)32-21(2,3)4)28-33(30,31)14-8-9-15-16(11-14)18(27-19(23)24)26-12-17(15)22/h8-9,11-13,28H,5-7,10H2,1-4H3,(H,25,29)(H4,23,24,26,27)/t13-/m0/s1. The Labute approximate surface area is 199 Å². The van der Waals surface area contributed by atoms with Crippen LogP contribution in [0.4, 0.5) is 10.6 Å². The largest absolute Gasteiger partial charge is 0.444 e. The first kappa shape index (κ1) is 26.6. The third kappa shape index (κ3) is 8.34. The van der Waals surface area contributed by atoms with Crippen molar-refractivity contribution in [3.05, 3.63) is 29.4 Å². The Bertz CT molecular complexity index is 1130. The number of unbranched alkanes of at least 4 members (excludes halogenated alkanes) is 1. The second-order valence-electron chi connectivity index (χ2n) is 8.62. The van der Waals surface area contributed by atoms with E-state index >= 15 is 0 Å². The number of sulfonamides is 1. The number of nitrogens with one attached hydrogen (secondary N) is 2. The molecule has 0 aliphatic heterocycles. The summed E-state index contributed by atoms with van der Waals surface area (Å²) in [7, 11) is -3.81. The van der Waals surface area contributed by atoms with Crippen molar-refractivity contribution < 1.29 is 17.9 Å². The van der Waals surface area contributed by atoms with Gasteiger partial charge in [0, 0.05) is 29.6 Å². The topological polar surface area (TPSA) is 162 Å². The van der Waals surface area contributed by atoms with Crippen molar-refractivity contribution >= 4 is 50.3 Å². The van der Waals surface area contributed by atoms with Crippen molar-refractivity contribution in [2.45, 2.75) is 63.5 Å². The van der Waals surface area contributed by atoms with Crippen LogP contribution in [0, 0.1) is 0 Å². The van der Waals surface area contributed by atoms with E-state index in [4.69, 9.17) is 27.8 Å². The first-order chi connectivity index (χ1) is 15.3. The SMILES string of the molecule is C[C@@H](CCCCNC(=O)OC(C)(C)C)NS(=O)(=O)c1ccc2c(Cl)cnc(N=C(N)N)c2c1. The van der Waals surface area contributed by atoms with E-state index in [9.17, 15) is 13.2 Å². The summed E-state index contributed by atoms with van der Waals surface area (Å²) in [6.07, 6.45) is 2.92. The van der Waals surface area contributed by atoms with Gasteiger partial charge in [-0.25, -0.2) is 22.9 Å². The smallest absolute Gasteiger partial charge is 0.407 e. The van der Waals surface area contributed by atoms with E-state index in [1.165, 1.54) is 18.3 Å². The number of rotatable bonds is 9. The zero-order valence-corrected chi connectivity index (χ0v) is 20.8. The predicted molar refractivity (Wildman–Crippen MR) is 130 cm³/mol. The van der Waals surface area contributed by atoms with Crippen LogP contribution in [-0.4, -0.2) is 43.6 Å². The molecule has 1 heterocycles. The van der Waals surface area contributed by atoms with Crippen LogP contribution in [0.25, 0.3) is 10.8 Å². The van der Waals surface area contributed by atoms with Crippen LogP contribution in [-0.2, 0) is 14.8 Å². The van der Waals surface area contributed by atoms with Gasteiger partial charge in [-0.1, -0.05) is 24.1 Å². The van der Waals surface area contributed by atoms with E-state index in [2.05, 4.69) is 20.0 Å². The zero-order chi connectivity index (χ0) is 24.8. The van der Waals surface area contributed by atoms with Crippen molar-refractivity contribution in [1.82, 2.24) is 15.0 Å². The van der Waals surface area contributed by atoms with Crippen LogP contribution >= 0.6 is 11.6 Å². The van der Waals surface area contributed by atoms with Crippen LogP contribution in [0.15, 0.2) is 34.3 Å². The van der Waals surface area contributed by atoms with Gasteiger partial charge >= 0.3 is 6.09 Å². The van der Waals surface area contributed by atoms with E-state index in [1.54, 1.807) is 33.8 Å². The van der Waals surface area contributed by atoms with E-state index in [0.717, 1.165) is 0 Å². The van der Waals surface area contributed by atoms with Gasteiger partial charge in [0.15, 0.2) is 11.8 Å². The van der Waals surface area contributed by atoms with Crippen molar-refractivity contribution in [3.8, 4) is 0 Å². The molecule has 1 aromatic carbocycles. The fraction of sp³-hybridized carbons (Fsp3) is 0.476. The molecule has 0 unspecified atom stereocenters. The number of pyridine rings is 1. The first-order valence-electron chi connectivity index (χ1n) is 10.5. The van der Waals surface area contributed by atoms with Gasteiger partial charge in [0.2, 0.25) is 10.0 Å². The number of guanidine groups is 1. The molecule has 0 saturated carbocycles. The lowest BCUT2D eigenvalue weighted by Gasteiger charge is -2.19. The van der Waals surface area contributed by atoms with E-state index in [0.29, 0.717) is 41.6 Å². The molecule has 12 heteroatoms. The van der Waals surface area contributed by atoms with Crippen molar-refractivity contribution in [1.29, 1.82) is 0 Å². The monoisotopic (exact) mass is 498 g/mol. The number of fused-ring (bicyclic) bond motifs is 1. The second-order valence-corrected chi connectivity index (χ2v) is 10.7. The minimum atomic E-state index is -3.81. The highest BCUT2D eigenvalue weighted by Gasteiger charge is 2.19. The lowest BCUT2D eigenvalue weighted by atomic mass is 10.1. The Hall–Kier alpha value is -2.63. The summed E-state index contributed by atoms with van der Waals surface area (Å²) in [6, 6.07) is 4.18. The Kier molecular flexibility index (Phi) is 8.87. The number of aliphatic imine (C=N–C) groups is 1. The molecule has 0 saturated heterocycles. The molecule has 2 aromatic rings. The van der Waals surface area contributed by atoms with Crippen LogP contribution < -0.4 is 21.5 Å². The number of benzene rings is 1. The van der Waals surface area contributed by atoms with Crippen LogP contribution in [0.1, 0.15) is 47.0 Å². The average Bonchev–Trinajstić information content (AvgIpc) is 2.67. The Morgan fingerprint density at radius 3 is 2.58 bits per heavy atom. The number of ether oxygens (including phenoxy) is 1. The quantitative estimate of drug-likeness (QED) is 0.234. The van der Waals surface area contributed by atoms with E-state index in [-0.39, 0.29) is 22.7 Å². The summed E-state index contributed by atoms with van der Waals surface area (Å²) in [5.41, 5.74) is 10.3. The van der Waals surface area contributed by atoms with E-state index < -0.39 is 21.7 Å². The van der Waals surface area contributed by atoms with Gasteiger partial charge in [0.1, 0.15) is 5.60 Å². The number of hydrogen-bond acceptors (Lipinski definition) is 6. The first-order valence-corrected chi connectivity index (χ1v) is 12.3. The third-order valence-electron chi connectivity index (χ3n) is 4.42. The molecule has 6 N–H and O–H groups in total. The fourth-order valence-corrected chi connectivity index (χ4v) is 4.54. The van der Waals surface area contributed by atoms with E-state index in [1.807, 2.05) is 0 Å². The minimum absolute atomic E-state index is 0.0459. The summed E-state index contributed by atoms with van der Waals surface area (Å²) >= 11 is 6.18. The van der Waals surface area contributed by atoms with Crippen molar-refractivity contribution in [3.63, 3.8) is 0 Å². The summed E-state index contributed by atoms with van der Waals surface area (Å²) in [5, 5.41) is 4.03. The summed E-state index contributed by atoms with van der Waals surface area (Å²) in [6.45, 7) is 7.61. The Morgan fingerprint density at radius 1 is 1.24 bits per heavy atom. The zero-order valence-electron chi connectivity index (χ0n) is 19.2. The molecule has 0 aliphatic carbocycles. The molecule has 0 fully saturated rings. The number of aromatic nitrogens is 1. The number of alkyl carbamates (subject to hydrolysis) is 1. The average molecular weight is 499 g/mol. The predicted octanol–water partition coefficient (Wildman–Crippen LogP) is 3.15. The normalized spacial score (nSPS) is 12.9. The maximum absolute atomic E-state index is 12.9. The highest BCUT2D eigenvalue weighted by molar-refractivity contribution is 7.89. The Morgan fingerprint density at radius 2 is 1.94 bits per heavy atom. The molecule has 10 nitrogen and oxygen atoms in total. The molecule has 0 radical (unpaired) electrons. The van der Waals surface area contributed by atoms with Crippen LogP contribution in [0.2, 0.25) is 5.02 Å². The second kappa shape index (κ2) is 11.0. The lowest BCUT2D eigenvalue weighted by molar-refractivity contribution is 0.0527. The molecule has 1 aromatic heterocycles. The van der Waals surface area contributed by atoms with Crippen LogP contribution in [0.3, 0.4) is 0 Å².